The van der Waals surface area contributed by atoms with Crippen molar-refractivity contribution in [1.82, 2.24) is 10.2 Å². The van der Waals surface area contributed by atoms with Gasteiger partial charge in [-0.15, -0.1) is 0 Å². The number of hydrogen-bond acceptors (Lipinski definition) is 5. The second-order valence-electron chi connectivity index (χ2n) is 9.92. The van der Waals surface area contributed by atoms with Crippen LogP contribution < -0.4 is 14.4 Å². The normalized spacial score (nSPS) is 11.8. The van der Waals surface area contributed by atoms with E-state index in [1.807, 2.05) is 30.3 Å². The van der Waals surface area contributed by atoms with Crippen LogP contribution in [0.25, 0.3) is 0 Å². The van der Waals surface area contributed by atoms with Gasteiger partial charge in [-0.2, -0.15) is 0 Å². The van der Waals surface area contributed by atoms with Gasteiger partial charge in [0.25, 0.3) is 10.0 Å². The molecule has 0 unspecified atom stereocenters. The Morgan fingerprint density at radius 2 is 1.57 bits per heavy atom. The lowest BCUT2D eigenvalue weighted by atomic mass is 10.0. The Labute approximate surface area is 262 Å². The van der Waals surface area contributed by atoms with Gasteiger partial charge in [0.2, 0.25) is 11.8 Å². The number of amides is 2. The summed E-state index contributed by atoms with van der Waals surface area (Å²) in [5, 5.41) is 3.26. The summed E-state index contributed by atoms with van der Waals surface area (Å²) in [6, 6.07) is 25.7. The molecule has 230 valence electrons. The molecule has 11 heteroatoms. The largest absolute Gasteiger partial charge is 0.497 e. The third-order valence-corrected chi connectivity index (χ3v) is 8.93. The highest BCUT2D eigenvalue weighted by Gasteiger charge is 2.34. The Bertz CT molecular complexity index is 1670. The van der Waals surface area contributed by atoms with Crippen LogP contribution in [0.3, 0.4) is 0 Å². The first-order valence-electron chi connectivity index (χ1n) is 13.9. The first-order chi connectivity index (χ1) is 21.1. The van der Waals surface area contributed by atoms with Crippen LogP contribution in [0.15, 0.2) is 108 Å². The summed E-state index contributed by atoms with van der Waals surface area (Å²) in [5.41, 5.74) is 1.55. The predicted molar refractivity (Wildman–Crippen MR) is 169 cm³/mol. The van der Waals surface area contributed by atoms with Crippen molar-refractivity contribution < 1.29 is 27.1 Å². The van der Waals surface area contributed by atoms with E-state index < -0.39 is 40.2 Å². The van der Waals surface area contributed by atoms with Gasteiger partial charge in [-0.1, -0.05) is 54.1 Å². The average molecular weight is 638 g/mol. The number of halogens is 2. The zero-order chi connectivity index (χ0) is 31.7. The monoisotopic (exact) mass is 637 g/mol. The molecule has 44 heavy (non-hydrogen) atoms. The van der Waals surface area contributed by atoms with Crippen LogP contribution in [-0.4, -0.2) is 51.4 Å². The Morgan fingerprint density at radius 3 is 2.18 bits per heavy atom. The third-order valence-electron chi connectivity index (χ3n) is 6.90. The molecule has 4 aromatic rings. The fourth-order valence-corrected chi connectivity index (χ4v) is 6.32. The van der Waals surface area contributed by atoms with E-state index in [0.29, 0.717) is 22.9 Å². The fourth-order valence-electron chi connectivity index (χ4n) is 4.69. The van der Waals surface area contributed by atoms with Crippen LogP contribution >= 0.6 is 11.6 Å². The van der Waals surface area contributed by atoms with Gasteiger partial charge >= 0.3 is 0 Å². The summed E-state index contributed by atoms with van der Waals surface area (Å²) in [6.45, 7) is 1.42. The number of ether oxygens (including phenoxy) is 1. The molecule has 8 nitrogen and oxygen atoms in total. The Hall–Kier alpha value is -4.41. The maximum Gasteiger partial charge on any atom is 0.264 e. The molecule has 4 rings (SSSR count). The van der Waals surface area contributed by atoms with Crippen molar-refractivity contribution in [2.24, 2.45) is 0 Å². The summed E-state index contributed by atoms with van der Waals surface area (Å²) >= 11 is 6.25. The van der Waals surface area contributed by atoms with Crippen molar-refractivity contribution in [2.75, 3.05) is 24.5 Å². The van der Waals surface area contributed by atoms with Gasteiger partial charge in [0, 0.05) is 24.5 Å². The topological polar surface area (TPSA) is 96.0 Å². The number of likely N-dealkylation sites (N-methyl/N-ethyl adjacent to an activating group) is 1. The fraction of sp³-hybridized carbons (Fsp3) is 0.212. The molecule has 0 aliphatic heterocycles. The number of methoxy groups -OCH3 is 1. The molecule has 4 aromatic carbocycles. The minimum Gasteiger partial charge on any atom is -0.497 e. The van der Waals surface area contributed by atoms with Gasteiger partial charge in [0.15, 0.2) is 0 Å². The molecule has 0 spiro atoms. The van der Waals surface area contributed by atoms with Gasteiger partial charge in [0.1, 0.15) is 24.2 Å². The molecule has 0 heterocycles. The van der Waals surface area contributed by atoms with E-state index >= 15 is 0 Å². The van der Waals surface area contributed by atoms with Crippen LogP contribution in [0.5, 0.6) is 5.75 Å². The van der Waals surface area contributed by atoms with Crippen molar-refractivity contribution in [3.63, 3.8) is 0 Å². The van der Waals surface area contributed by atoms with Gasteiger partial charge in [-0.05, 0) is 78.7 Å². The summed E-state index contributed by atoms with van der Waals surface area (Å²) in [6.07, 6.45) is 0.181. The quantitative estimate of drug-likeness (QED) is 0.210. The molecule has 0 saturated carbocycles. The number of rotatable bonds is 13. The van der Waals surface area contributed by atoms with E-state index in [0.717, 1.165) is 22.0 Å². The maximum atomic E-state index is 14.3. The van der Waals surface area contributed by atoms with Crippen molar-refractivity contribution in [3.05, 3.63) is 125 Å². The van der Waals surface area contributed by atoms with Gasteiger partial charge in [-0.3, -0.25) is 13.9 Å². The van der Waals surface area contributed by atoms with Gasteiger partial charge in [0.05, 0.1) is 17.7 Å². The second-order valence-corrected chi connectivity index (χ2v) is 12.2. The number of carbonyl (C=O) groups excluding carboxylic acids is 2. The highest BCUT2D eigenvalue weighted by molar-refractivity contribution is 7.92. The predicted octanol–water partition coefficient (Wildman–Crippen LogP) is 5.46. The molecular formula is C33H33ClFN3O5S. The first kappa shape index (κ1) is 32.5. The minimum absolute atomic E-state index is 0.0200. The zero-order valence-corrected chi connectivity index (χ0v) is 25.9. The number of hydrogen-bond donors (Lipinski definition) is 1. The maximum absolute atomic E-state index is 14.3. The molecule has 0 aromatic heterocycles. The molecule has 0 aliphatic carbocycles. The SMILES string of the molecule is CCNC(=O)[C@@H](Cc1ccccc1)N(Cc1cccc(Cl)c1)C(=O)CN(c1ccc(F)cc1)S(=O)(=O)c1ccc(OC)cc1. The van der Waals surface area contributed by atoms with E-state index in [9.17, 15) is 22.4 Å². The third kappa shape index (κ3) is 8.15. The second kappa shape index (κ2) is 14.9. The standard InChI is InChI=1S/C33H33ClFN3O5S/c1-3-36-33(40)31(21-24-8-5-4-6-9-24)37(22-25-10-7-11-26(34)20-25)32(39)23-38(28-14-12-27(35)13-15-28)44(41,42)30-18-16-29(43-2)17-19-30/h4-20,31H,3,21-23H2,1-2H3,(H,36,40)/t31-/m1/s1. The number of nitrogens with one attached hydrogen (secondary N) is 1. The number of benzene rings is 4. The summed E-state index contributed by atoms with van der Waals surface area (Å²) in [4.78, 5) is 29.1. The number of sulfonamides is 1. The Balaban J connectivity index is 1.79. The molecule has 1 atom stereocenters. The Kier molecular flexibility index (Phi) is 11.0. The minimum atomic E-state index is -4.33. The van der Waals surface area contributed by atoms with E-state index in [1.54, 1.807) is 31.2 Å². The van der Waals surface area contributed by atoms with E-state index in [-0.39, 0.29) is 23.5 Å². The average Bonchev–Trinajstić information content (AvgIpc) is 3.02. The van der Waals surface area contributed by atoms with Gasteiger partial charge < -0.3 is 15.0 Å². The molecular weight excluding hydrogens is 605 g/mol. The van der Waals surface area contributed by atoms with Crippen LogP contribution in [0.2, 0.25) is 5.02 Å². The zero-order valence-electron chi connectivity index (χ0n) is 24.3. The molecule has 0 fully saturated rings. The summed E-state index contributed by atoms with van der Waals surface area (Å²) in [5.74, 6) is -1.15. The van der Waals surface area contributed by atoms with Crippen LogP contribution in [-0.2, 0) is 32.6 Å². The molecule has 1 N–H and O–H groups in total. The summed E-state index contributed by atoms with van der Waals surface area (Å²) in [7, 11) is -2.87. The highest BCUT2D eigenvalue weighted by Crippen LogP contribution is 2.27. The number of nitrogens with zero attached hydrogens (tertiary/aromatic N) is 2. The van der Waals surface area contributed by atoms with Crippen molar-refractivity contribution in [3.8, 4) is 5.75 Å². The first-order valence-corrected chi connectivity index (χ1v) is 15.7. The van der Waals surface area contributed by atoms with E-state index in [4.69, 9.17) is 16.3 Å². The molecule has 0 radical (unpaired) electrons. The smallest absolute Gasteiger partial charge is 0.264 e. The van der Waals surface area contributed by atoms with Crippen molar-refractivity contribution in [2.45, 2.75) is 30.8 Å². The molecule has 2 amide bonds. The number of carbonyl (C=O) groups is 2. The van der Waals surface area contributed by atoms with Crippen LogP contribution in [0.4, 0.5) is 10.1 Å². The van der Waals surface area contributed by atoms with Crippen LogP contribution in [0, 0.1) is 5.82 Å². The van der Waals surface area contributed by atoms with Crippen molar-refractivity contribution >= 4 is 39.1 Å². The highest BCUT2D eigenvalue weighted by atomic mass is 35.5. The van der Waals surface area contributed by atoms with E-state index in [2.05, 4.69) is 5.32 Å². The van der Waals surface area contributed by atoms with Crippen molar-refractivity contribution in [1.29, 1.82) is 0 Å². The van der Waals surface area contributed by atoms with E-state index in [1.165, 1.54) is 48.4 Å². The lowest BCUT2D eigenvalue weighted by molar-refractivity contribution is -0.140. The molecule has 0 saturated heterocycles. The molecule has 0 aliphatic rings. The van der Waals surface area contributed by atoms with Crippen LogP contribution in [0.1, 0.15) is 18.1 Å². The lowest BCUT2D eigenvalue weighted by Gasteiger charge is -2.33. The van der Waals surface area contributed by atoms with Gasteiger partial charge in [-0.25, -0.2) is 12.8 Å². The summed E-state index contributed by atoms with van der Waals surface area (Å²) < 4.78 is 48.0. The number of anilines is 1. The Morgan fingerprint density at radius 1 is 0.909 bits per heavy atom. The lowest BCUT2D eigenvalue weighted by Crippen LogP contribution is -2.53. The molecule has 0 bridgehead atoms.